The number of esters is 1. The van der Waals surface area contributed by atoms with Gasteiger partial charge in [0.05, 0.1) is 25.2 Å². The predicted octanol–water partition coefficient (Wildman–Crippen LogP) is 2.59. The molecule has 1 fully saturated rings. The van der Waals surface area contributed by atoms with Crippen molar-refractivity contribution in [3.63, 3.8) is 0 Å². The third kappa shape index (κ3) is 7.18. The zero-order chi connectivity index (χ0) is 25.5. The number of hydrogen-bond acceptors (Lipinski definition) is 7. The number of nitrogens with two attached hydrogens (primary N) is 2. The Hall–Kier alpha value is -3.64. The predicted molar refractivity (Wildman–Crippen MR) is 123 cm³/mol. The molecule has 34 heavy (non-hydrogen) atoms. The molecule has 12 heteroatoms. The fourth-order valence-corrected chi connectivity index (χ4v) is 3.30. The molecular weight excluding hydrogens is 453 g/mol. The topological polar surface area (TPSA) is 147 Å². The van der Waals surface area contributed by atoms with Gasteiger partial charge in [-0.25, -0.2) is 0 Å². The van der Waals surface area contributed by atoms with Crippen molar-refractivity contribution in [2.24, 2.45) is 11.6 Å². The average molecular weight is 483 g/mol. The summed E-state index contributed by atoms with van der Waals surface area (Å²) < 4.78 is 42.5. The fraction of sp³-hybridized carbons (Fsp3) is 0.318. The van der Waals surface area contributed by atoms with E-state index in [1.54, 1.807) is 29.2 Å². The second-order valence-corrected chi connectivity index (χ2v) is 7.69. The van der Waals surface area contributed by atoms with Crippen LogP contribution in [0.3, 0.4) is 0 Å². The first-order chi connectivity index (χ1) is 15.9. The summed E-state index contributed by atoms with van der Waals surface area (Å²) in [5.74, 6) is 4.68. The number of amidine groups is 1. The number of hydrazine groups is 1. The monoisotopic (exact) mass is 482 g/mol. The maximum absolute atomic E-state index is 12.5. The number of ether oxygens (including phenoxy) is 1. The Bertz CT molecular complexity index is 1030. The number of anilines is 2. The molecule has 7 N–H and O–H groups in total. The number of halogens is 3. The number of hydrogen-bond donors (Lipinski definition) is 5. The molecule has 0 atom stereocenters. The highest BCUT2D eigenvalue weighted by Gasteiger charge is 2.46. The highest BCUT2D eigenvalue weighted by atomic mass is 19.4. The van der Waals surface area contributed by atoms with Crippen molar-refractivity contribution in [1.29, 1.82) is 5.41 Å². The molecular formula is C22H29F3N6O3. The first-order valence-electron chi connectivity index (χ1n) is 10.1. The molecule has 0 aliphatic carbocycles. The van der Waals surface area contributed by atoms with E-state index in [0.29, 0.717) is 36.6 Å². The maximum Gasteiger partial charge on any atom is 0.416 e. The second-order valence-electron chi connectivity index (χ2n) is 7.69. The Morgan fingerprint density at radius 2 is 1.74 bits per heavy atom. The Labute approximate surface area is 196 Å². The van der Waals surface area contributed by atoms with Crippen LogP contribution in [-0.2, 0) is 20.5 Å². The van der Waals surface area contributed by atoms with Crippen LogP contribution in [0.2, 0.25) is 0 Å². The molecule has 1 aliphatic heterocycles. The summed E-state index contributed by atoms with van der Waals surface area (Å²) in [5.41, 5.74) is 8.12. The lowest BCUT2D eigenvalue weighted by atomic mass is 9.94. The Kier molecular flexibility index (Phi) is 8.60. The number of carbonyl (C=O) groups is 2. The molecule has 0 aromatic heterocycles. The number of amides is 1. The van der Waals surface area contributed by atoms with E-state index in [9.17, 15) is 22.8 Å². The number of para-hydroxylation sites is 1. The van der Waals surface area contributed by atoms with Gasteiger partial charge in [-0.05, 0) is 36.4 Å². The first kappa shape index (κ1) is 26.6. The van der Waals surface area contributed by atoms with E-state index >= 15 is 0 Å². The minimum Gasteiger partial charge on any atom is -0.454 e. The lowest BCUT2D eigenvalue weighted by Crippen LogP contribution is -2.69. The molecule has 1 aliphatic rings. The van der Waals surface area contributed by atoms with Crippen molar-refractivity contribution in [3.05, 3.63) is 59.7 Å². The van der Waals surface area contributed by atoms with Gasteiger partial charge < -0.3 is 20.7 Å². The molecule has 186 valence electrons. The van der Waals surface area contributed by atoms with Crippen molar-refractivity contribution in [2.75, 3.05) is 25.0 Å². The van der Waals surface area contributed by atoms with Gasteiger partial charge in [0.15, 0.2) is 5.60 Å². The summed E-state index contributed by atoms with van der Waals surface area (Å²) in [6, 6.07) is 11.5. The van der Waals surface area contributed by atoms with E-state index in [2.05, 4.69) is 10.7 Å². The maximum atomic E-state index is 12.5. The quantitative estimate of drug-likeness (QED) is 0.140. The molecule has 0 unspecified atom stereocenters. The lowest BCUT2D eigenvalue weighted by molar-refractivity contribution is -0.182. The highest BCUT2D eigenvalue weighted by Crippen LogP contribution is 2.30. The first-order valence-corrected chi connectivity index (χ1v) is 10.1. The van der Waals surface area contributed by atoms with Gasteiger partial charge in [0.2, 0.25) is 5.91 Å². The summed E-state index contributed by atoms with van der Waals surface area (Å²) in [7, 11) is 0. The number of benzene rings is 2. The van der Waals surface area contributed by atoms with Crippen LogP contribution in [0.5, 0.6) is 0 Å². The summed E-state index contributed by atoms with van der Waals surface area (Å²) >= 11 is 0. The van der Waals surface area contributed by atoms with Gasteiger partial charge in [0.25, 0.3) is 0 Å². The summed E-state index contributed by atoms with van der Waals surface area (Å²) in [5, 5.41) is 10.4. The molecule has 3 rings (SSSR count). The number of nitrogens with one attached hydrogen (secondary N) is 3. The van der Waals surface area contributed by atoms with Crippen molar-refractivity contribution in [2.45, 2.75) is 25.6 Å². The Morgan fingerprint density at radius 1 is 1.15 bits per heavy atom. The normalized spacial score (nSPS) is 14.2. The number of rotatable bonds is 6. The number of likely N-dealkylation sites (tertiary alicyclic amines) is 1. The summed E-state index contributed by atoms with van der Waals surface area (Å²) in [6.07, 6.45) is -4.35. The molecule has 2 aromatic rings. The van der Waals surface area contributed by atoms with Gasteiger partial charge in [0.1, 0.15) is 5.84 Å². The molecule has 9 nitrogen and oxygen atoms in total. The van der Waals surface area contributed by atoms with Crippen molar-refractivity contribution in [3.8, 4) is 0 Å². The SMILES string of the molecule is CC(=O)OC1(CNN)CN(C(C)=O)C1.N=C(N)c1ccccc1Nc1ccc(C(F)(F)F)cc1.[HH]. The summed E-state index contributed by atoms with van der Waals surface area (Å²) in [4.78, 5) is 23.3. The largest absolute Gasteiger partial charge is 0.454 e. The van der Waals surface area contributed by atoms with E-state index < -0.39 is 17.3 Å². The van der Waals surface area contributed by atoms with Gasteiger partial charge >= 0.3 is 12.1 Å². The van der Waals surface area contributed by atoms with Crippen LogP contribution < -0.4 is 22.3 Å². The zero-order valence-electron chi connectivity index (χ0n) is 18.7. The van der Waals surface area contributed by atoms with Gasteiger partial charge in [0, 0.05) is 32.2 Å². The van der Waals surface area contributed by atoms with Crippen molar-refractivity contribution >= 4 is 29.1 Å². The van der Waals surface area contributed by atoms with E-state index in [-0.39, 0.29) is 19.1 Å². The lowest BCUT2D eigenvalue weighted by Gasteiger charge is -2.48. The number of nitrogen functional groups attached to an aromatic ring is 1. The Balaban J connectivity index is 0.000000362. The van der Waals surface area contributed by atoms with Crippen LogP contribution in [-0.4, -0.2) is 47.8 Å². The number of alkyl halides is 3. The standard InChI is InChI=1S/C14H12F3N3.C8H15N3O3.H2/c15-14(16,17)9-5-7-10(8-6-9)20-12-4-2-1-3-11(12)13(18)19;1-6(12)11-4-8(5-11,3-10-9)14-7(2)13;/h1-8,20H,(H3,18,19);10H,3-5,9H2,1-2H3;1H. The van der Waals surface area contributed by atoms with Crippen molar-refractivity contribution in [1.82, 2.24) is 10.3 Å². The average Bonchev–Trinajstić information content (AvgIpc) is 2.71. The number of nitrogens with zero attached hydrogens (tertiary/aromatic N) is 1. The molecule has 0 saturated carbocycles. The van der Waals surface area contributed by atoms with Crippen molar-refractivity contribution < 1.29 is 28.9 Å². The molecule has 0 radical (unpaired) electrons. The number of carbonyl (C=O) groups excluding carboxylic acids is 2. The van der Waals surface area contributed by atoms with E-state index in [1.165, 1.54) is 26.0 Å². The minimum atomic E-state index is -4.35. The second kappa shape index (κ2) is 11.0. The molecule has 1 amide bonds. The van der Waals surface area contributed by atoms with E-state index in [4.69, 9.17) is 21.7 Å². The van der Waals surface area contributed by atoms with E-state index in [0.717, 1.165) is 12.1 Å². The van der Waals surface area contributed by atoms with Crippen LogP contribution in [0.4, 0.5) is 24.5 Å². The zero-order valence-corrected chi connectivity index (χ0v) is 18.7. The van der Waals surface area contributed by atoms with Crippen LogP contribution in [0, 0.1) is 5.41 Å². The fourth-order valence-electron chi connectivity index (χ4n) is 3.30. The summed E-state index contributed by atoms with van der Waals surface area (Å²) in [6.45, 7) is 4.00. The third-order valence-corrected chi connectivity index (χ3v) is 4.90. The highest BCUT2D eigenvalue weighted by molar-refractivity contribution is 6.00. The Morgan fingerprint density at radius 3 is 2.21 bits per heavy atom. The molecule has 1 heterocycles. The van der Waals surface area contributed by atoms with Gasteiger partial charge in [-0.2, -0.15) is 13.2 Å². The molecule has 2 aromatic carbocycles. The smallest absolute Gasteiger partial charge is 0.416 e. The minimum absolute atomic E-state index is 0. The van der Waals surface area contributed by atoms with Crippen LogP contribution in [0.25, 0.3) is 0 Å². The van der Waals surface area contributed by atoms with Gasteiger partial charge in [-0.1, -0.05) is 12.1 Å². The molecule has 1 saturated heterocycles. The molecule has 0 bridgehead atoms. The van der Waals surface area contributed by atoms with Crippen LogP contribution in [0.15, 0.2) is 48.5 Å². The van der Waals surface area contributed by atoms with Gasteiger partial charge in [-0.15, -0.1) is 0 Å². The third-order valence-electron chi connectivity index (χ3n) is 4.90. The molecule has 0 spiro atoms. The van der Waals surface area contributed by atoms with Crippen LogP contribution in [0.1, 0.15) is 26.4 Å². The van der Waals surface area contributed by atoms with Gasteiger partial charge in [-0.3, -0.25) is 26.3 Å². The van der Waals surface area contributed by atoms with E-state index in [1.807, 2.05) is 0 Å². The van der Waals surface area contributed by atoms with Crippen LogP contribution >= 0.6 is 0 Å².